The molecule has 0 fully saturated rings. The molecule has 0 aliphatic heterocycles. The molecule has 0 spiro atoms. The van der Waals surface area contributed by atoms with E-state index in [1.54, 1.807) is 18.3 Å². The van der Waals surface area contributed by atoms with Gasteiger partial charge in [0.15, 0.2) is 5.65 Å². The van der Waals surface area contributed by atoms with Crippen molar-refractivity contribution in [3.05, 3.63) is 99.6 Å². The van der Waals surface area contributed by atoms with Gasteiger partial charge in [-0.3, -0.25) is 9.36 Å². The molecule has 0 N–H and O–H groups in total. The Hall–Kier alpha value is -4.33. The van der Waals surface area contributed by atoms with Crippen LogP contribution in [0.4, 0.5) is 0 Å². The fourth-order valence-corrected chi connectivity index (χ4v) is 3.42. The smallest absolute Gasteiger partial charge is 0.337 e. The standard InChI is InChI=1S/C24H19N3O5/c1-31-23(29)16-12-17(24(30)32-2)14-18(13-16)27-21-19(9-6-10-25-21)26-20(22(27)28)11-15-7-4-3-5-8-15/h3-10,12-14H,11H2,1-2H3. The molecule has 2 aromatic heterocycles. The molecule has 4 aromatic rings. The maximum atomic E-state index is 13.5. The van der Waals surface area contributed by atoms with E-state index in [4.69, 9.17) is 9.47 Å². The average molecular weight is 429 g/mol. The summed E-state index contributed by atoms with van der Waals surface area (Å²) in [6.45, 7) is 0. The first kappa shape index (κ1) is 20.9. The van der Waals surface area contributed by atoms with Crippen LogP contribution in [0, 0.1) is 0 Å². The van der Waals surface area contributed by atoms with E-state index in [1.165, 1.54) is 37.0 Å². The minimum absolute atomic E-state index is 0.0998. The Morgan fingerprint density at radius 1 is 0.906 bits per heavy atom. The van der Waals surface area contributed by atoms with E-state index in [9.17, 15) is 14.4 Å². The Bertz CT molecular complexity index is 1350. The molecule has 0 saturated carbocycles. The second-order valence-electron chi connectivity index (χ2n) is 6.96. The lowest BCUT2D eigenvalue weighted by atomic mass is 10.1. The van der Waals surface area contributed by atoms with Crippen LogP contribution in [0.15, 0.2) is 71.7 Å². The van der Waals surface area contributed by atoms with Crippen LogP contribution < -0.4 is 5.56 Å². The number of carbonyl (C=O) groups is 2. The first-order chi connectivity index (χ1) is 15.5. The Labute approximate surface area is 183 Å². The lowest BCUT2D eigenvalue weighted by Crippen LogP contribution is -2.26. The number of fused-ring (bicyclic) bond motifs is 1. The summed E-state index contributed by atoms with van der Waals surface area (Å²) in [6.07, 6.45) is 1.85. The molecule has 0 aliphatic carbocycles. The highest BCUT2D eigenvalue weighted by Gasteiger charge is 2.19. The van der Waals surface area contributed by atoms with E-state index in [1.807, 2.05) is 30.3 Å². The van der Waals surface area contributed by atoms with Crippen molar-refractivity contribution in [2.75, 3.05) is 14.2 Å². The van der Waals surface area contributed by atoms with Crippen LogP contribution in [-0.2, 0) is 15.9 Å². The molecule has 0 radical (unpaired) electrons. The van der Waals surface area contributed by atoms with Gasteiger partial charge < -0.3 is 9.47 Å². The van der Waals surface area contributed by atoms with Gasteiger partial charge in [0.05, 0.1) is 31.0 Å². The lowest BCUT2D eigenvalue weighted by molar-refractivity contribution is 0.0599. The summed E-state index contributed by atoms with van der Waals surface area (Å²) in [7, 11) is 2.47. The quantitative estimate of drug-likeness (QED) is 0.450. The minimum atomic E-state index is -0.652. The molecule has 0 saturated heterocycles. The van der Waals surface area contributed by atoms with Crippen LogP contribution >= 0.6 is 0 Å². The third kappa shape index (κ3) is 3.98. The van der Waals surface area contributed by atoms with E-state index in [2.05, 4.69) is 9.97 Å². The second kappa shape index (κ2) is 8.81. The van der Waals surface area contributed by atoms with Crippen molar-refractivity contribution in [3.63, 3.8) is 0 Å². The number of carbonyl (C=O) groups excluding carboxylic acids is 2. The Morgan fingerprint density at radius 2 is 1.56 bits per heavy atom. The number of nitrogens with zero attached hydrogens (tertiary/aromatic N) is 3. The lowest BCUT2D eigenvalue weighted by Gasteiger charge is -2.14. The largest absolute Gasteiger partial charge is 0.465 e. The maximum Gasteiger partial charge on any atom is 0.337 e. The van der Waals surface area contributed by atoms with Crippen molar-refractivity contribution in [2.24, 2.45) is 0 Å². The summed E-state index contributed by atoms with van der Waals surface area (Å²) in [6, 6.07) is 17.3. The van der Waals surface area contributed by atoms with E-state index >= 15 is 0 Å². The predicted octanol–water partition coefficient (Wildman–Crippen LogP) is 2.94. The molecule has 8 heteroatoms. The number of benzene rings is 2. The molecule has 8 nitrogen and oxygen atoms in total. The first-order valence-electron chi connectivity index (χ1n) is 9.74. The highest BCUT2D eigenvalue weighted by atomic mass is 16.5. The zero-order valence-corrected chi connectivity index (χ0v) is 17.4. The zero-order valence-electron chi connectivity index (χ0n) is 17.4. The van der Waals surface area contributed by atoms with Gasteiger partial charge in [-0.1, -0.05) is 30.3 Å². The van der Waals surface area contributed by atoms with Crippen molar-refractivity contribution < 1.29 is 19.1 Å². The van der Waals surface area contributed by atoms with Gasteiger partial charge in [0.25, 0.3) is 5.56 Å². The molecule has 0 unspecified atom stereocenters. The van der Waals surface area contributed by atoms with Crippen LogP contribution in [0.5, 0.6) is 0 Å². The Morgan fingerprint density at radius 3 is 2.19 bits per heavy atom. The molecule has 32 heavy (non-hydrogen) atoms. The SMILES string of the molecule is COC(=O)c1cc(C(=O)OC)cc(-n2c(=O)c(Cc3ccccc3)nc3cccnc32)c1. The van der Waals surface area contributed by atoms with Gasteiger partial charge in [-0.05, 0) is 35.9 Å². The summed E-state index contributed by atoms with van der Waals surface area (Å²) in [5, 5.41) is 0. The van der Waals surface area contributed by atoms with Crippen LogP contribution in [-0.4, -0.2) is 40.7 Å². The van der Waals surface area contributed by atoms with Gasteiger partial charge in [-0.15, -0.1) is 0 Å². The molecule has 0 atom stereocenters. The van der Waals surface area contributed by atoms with Gasteiger partial charge in [0.2, 0.25) is 0 Å². The summed E-state index contributed by atoms with van der Waals surface area (Å²) < 4.78 is 11.0. The summed E-state index contributed by atoms with van der Waals surface area (Å²) >= 11 is 0. The molecule has 160 valence electrons. The number of esters is 2. The van der Waals surface area contributed by atoms with Crippen LogP contribution in [0.3, 0.4) is 0 Å². The van der Waals surface area contributed by atoms with Crippen LogP contribution in [0.2, 0.25) is 0 Å². The van der Waals surface area contributed by atoms with Crippen molar-refractivity contribution in [3.8, 4) is 5.69 Å². The van der Waals surface area contributed by atoms with Gasteiger partial charge in [0, 0.05) is 12.6 Å². The second-order valence-corrected chi connectivity index (χ2v) is 6.96. The third-order valence-corrected chi connectivity index (χ3v) is 4.92. The third-order valence-electron chi connectivity index (χ3n) is 4.92. The molecule has 0 amide bonds. The summed E-state index contributed by atoms with van der Waals surface area (Å²) in [5.74, 6) is -1.30. The molecular formula is C24H19N3O5. The van der Waals surface area contributed by atoms with Crippen molar-refractivity contribution in [2.45, 2.75) is 6.42 Å². The van der Waals surface area contributed by atoms with Crippen molar-refractivity contribution >= 4 is 23.1 Å². The van der Waals surface area contributed by atoms with Crippen LogP contribution in [0.1, 0.15) is 32.0 Å². The van der Waals surface area contributed by atoms with Crippen molar-refractivity contribution in [1.82, 2.24) is 14.5 Å². The zero-order chi connectivity index (χ0) is 22.7. The number of aromatic nitrogens is 3. The monoisotopic (exact) mass is 429 g/mol. The number of methoxy groups -OCH3 is 2. The van der Waals surface area contributed by atoms with E-state index in [0.717, 1.165) is 5.56 Å². The highest BCUT2D eigenvalue weighted by molar-refractivity contribution is 5.96. The van der Waals surface area contributed by atoms with Gasteiger partial charge in [-0.25, -0.2) is 19.6 Å². The normalized spacial score (nSPS) is 10.7. The van der Waals surface area contributed by atoms with Crippen LogP contribution in [0.25, 0.3) is 16.9 Å². The molecule has 4 rings (SSSR count). The topological polar surface area (TPSA) is 100 Å². The molecule has 2 aromatic carbocycles. The number of hydrogen-bond donors (Lipinski definition) is 0. The minimum Gasteiger partial charge on any atom is -0.465 e. The number of hydrogen-bond acceptors (Lipinski definition) is 7. The number of rotatable bonds is 5. The summed E-state index contributed by atoms with van der Waals surface area (Å²) in [5.41, 5.74) is 2.10. The van der Waals surface area contributed by atoms with E-state index in [-0.39, 0.29) is 16.8 Å². The molecule has 2 heterocycles. The fourth-order valence-electron chi connectivity index (χ4n) is 3.42. The summed E-state index contributed by atoms with van der Waals surface area (Å²) in [4.78, 5) is 46.8. The fraction of sp³-hybridized carbons (Fsp3) is 0.125. The molecule has 0 aliphatic rings. The predicted molar refractivity (Wildman–Crippen MR) is 117 cm³/mol. The highest BCUT2D eigenvalue weighted by Crippen LogP contribution is 2.19. The first-order valence-corrected chi connectivity index (χ1v) is 9.74. The van der Waals surface area contributed by atoms with Gasteiger partial charge in [0.1, 0.15) is 11.2 Å². The average Bonchev–Trinajstić information content (AvgIpc) is 2.83. The molecule has 0 bridgehead atoms. The van der Waals surface area contributed by atoms with Gasteiger partial charge in [-0.2, -0.15) is 0 Å². The maximum absolute atomic E-state index is 13.5. The van der Waals surface area contributed by atoms with E-state index < -0.39 is 17.5 Å². The number of ether oxygens (including phenoxy) is 2. The number of pyridine rings is 1. The Kier molecular flexibility index (Phi) is 5.76. The Balaban J connectivity index is 1.99. The van der Waals surface area contributed by atoms with Crippen molar-refractivity contribution in [1.29, 1.82) is 0 Å². The van der Waals surface area contributed by atoms with E-state index in [0.29, 0.717) is 23.3 Å². The van der Waals surface area contributed by atoms with Gasteiger partial charge >= 0.3 is 11.9 Å². The molecular weight excluding hydrogens is 410 g/mol.